The van der Waals surface area contributed by atoms with E-state index in [-0.39, 0.29) is 0 Å². The van der Waals surface area contributed by atoms with Gasteiger partial charge in [0.05, 0.1) is 0 Å². The van der Waals surface area contributed by atoms with Crippen LogP contribution in [-0.4, -0.2) is 0 Å². The van der Waals surface area contributed by atoms with Crippen LogP contribution < -0.4 is 0 Å². The van der Waals surface area contributed by atoms with Gasteiger partial charge in [0.2, 0.25) is 0 Å². The molecule has 4 saturated carbocycles. The number of allylic oxidation sites excluding steroid dienone is 4. The molecule has 0 spiro atoms. The van der Waals surface area contributed by atoms with Crippen LogP contribution in [-0.2, 0) is 0 Å². The minimum Gasteiger partial charge on any atom is -0.0776 e. The Labute approximate surface area is 98.8 Å². The van der Waals surface area contributed by atoms with Gasteiger partial charge in [-0.1, -0.05) is 12.2 Å². The van der Waals surface area contributed by atoms with Crippen LogP contribution >= 0.6 is 0 Å². The quantitative estimate of drug-likeness (QED) is 0.592. The van der Waals surface area contributed by atoms with Crippen LogP contribution in [0.2, 0.25) is 0 Å². The summed E-state index contributed by atoms with van der Waals surface area (Å²) in [5.74, 6) is 3.89. The van der Waals surface area contributed by atoms with E-state index in [4.69, 9.17) is 0 Å². The molecule has 4 fully saturated rings. The van der Waals surface area contributed by atoms with Crippen LogP contribution in [0.25, 0.3) is 0 Å². The second-order valence-electron chi connectivity index (χ2n) is 6.47. The monoisotopic (exact) mass is 214 g/mol. The van der Waals surface area contributed by atoms with Gasteiger partial charge >= 0.3 is 0 Å². The number of hydrogen-bond donors (Lipinski definition) is 0. The first-order valence-electron chi connectivity index (χ1n) is 7.34. The first-order chi connectivity index (χ1) is 7.90. The van der Waals surface area contributed by atoms with Crippen molar-refractivity contribution in [2.45, 2.75) is 51.4 Å². The highest BCUT2D eigenvalue weighted by Crippen LogP contribution is 2.51. The van der Waals surface area contributed by atoms with Gasteiger partial charge < -0.3 is 0 Å². The average Bonchev–Trinajstić information content (AvgIpc) is 3.09. The standard InChI is InChI=1S/C16H22/c1-2-11(1)9-15(13-5-6-13)16(14-7-8-14)10-12-3-4-12/h9-14H,1-8H2/b15-9+,16-10+. The van der Waals surface area contributed by atoms with Crippen LogP contribution in [0.4, 0.5) is 0 Å². The van der Waals surface area contributed by atoms with Gasteiger partial charge in [-0.05, 0) is 86.2 Å². The molecule has 0 N–H and O–H groups in total. The van der Waals surface area contributed by atoms with E-state index in [0.29, 0.717) is 0 Å². The Balaban J connectivity index is 1.61. The Morgan fingerprint density at radius 3 is 1.19 bits per heavy atom. The average molecular weight is 214 g/mol. The predicted octanol–water partition coefficient (Wildman–Crippen LogP) is 4.48. The lowest BCUT2D eigenvalue weighted by atomic mass is 9.94. The second kappa shape index (κ2) is 3.48. The van der Waals surface area contributed by atoms with Crippen molar-refractivity contribution in [2.75, 3.05) is 0 Å². The van der Waals surface area contributed by atoms with E-state index in [1.807, 2.05) is 11.1 Å². The molecule has 0 aromatic rings. The lowest BCUT2D eigenvalue weighted by Gasteiger charge is -2.11. The molecule has 16 heavy (non-hydrogen) atoms. The van der Waals surface area contributed by atoms with Crippen molar-refractivity contribution in [1.29, 1.82) is 0 Å². The highest BCUT2D eigenvalue weighted by atomic mass is 14.4. The van der Waals surface area contributed by atoms with E-state index < -0.39 is 0 Å². The summed E-state index contributed by atoms with van der Waals surface area (Å²) >= 11 is 0. The molecule has 0 aromatic carbocycles. The molecule has 0 nitrogen and oxygen atoms in total. The third-order valence-electron chi connectivity index (χ3n) is 4.44. The van der Waals surface area contributed by atoms with E-state index in [2.05, 4.69) is 12.2 Å². The molecule has 86 valence electrons. The molecule has 0 aliphatic heterocycles. The van der Waals surface area contributed by atoms with Gasteiger partial charge in [0.25, 0.3) is 0 Å². The van der Waals surface area contributed by atoms with Crippen LogP contribution in [0.1, 0.15) is 51.4 Å². The third kappa shape index (κ3) is 2.12. The molecule has 0 radical (unpaired) electrons. The summed E-state index contributed by atoms with van der Waals surface area (Å²) in [5.41, 5.74) is 3.63. The van der Waals surface area contributed by atoms with Crippen molar-refractivity contribution in [3.05, 3.63) is 23.3 Å². The van der Waals surface area contributed by atoms with Gasteiger partial charge in [-0.15, -0.1) is 0 Å². The normalized spacial score (nSPS) is 32.0. The predicted molar refractivity (Wildman–Crippen MR) is 67.1 cm³/mol. The van der Waals surface area contributed by atoms with Crippen molar-refractivity contribution < 1.29 is 0 Å². The zero-order valence-corrected chi connectivity index (χ0v) is 10.1. The molecule has 4 aliphatic carbocycles. The van der Waals surface area contributed by atoms with E-state index in [1.165, 1.54) is 51.4 Å². The number of rotatable bonds is 5. The highest BCUT2D eigenvalue weighted by Gasteiger charge is 2.37. The van der Waals surface area contributed by atoms with Gasteiger partial charge in [-0.25, -0.2) is 0 Å². The summed E-state index contributed by atoms with van der Waals surface area (Å²) in [6.45, 7) is 0. The number of hydrogen-bond acceptors (Lipinski definition) is 0. The molecule has 0 heteroatoms. The third-order valence-corrected chi connectivity index (χ3v) is 4.44. The van der Waals surface area contributed by atoms with Gasteiger partial charge in [0.15, 0.2) is 0 Å². The Kier molecular flexibility index (Phi) is 2.07. The molecule has 0 atom stereocenters. The Morgan fingerprint density at radius 2 is 0.938 bits per heavy atom. The van der Waals surface area contributed by atoms with Crippen molar-refractivity contribution in [3.8, 4) is 0 Å². The fourth-order valence-corrected chi connectivity index (χ4v) is 2.76. The van der Waals surface area contributed by atoms with Gasteiger partial charge in [-0.3, -0.25) is 0 Å². The summed E-state index contributed by atoms with van der Waals surface area (Å²) < 4.78 is 0. The maximum absolute atomic E-state index is 2.67. The smallest absolute Gasteiger partial charge is 0.0162 e. The first kappa shape index (κ1) is 9.50. The van der Waals surface area contributed by atoms with E-state index in [0.717, 1.165) is 23.7 Å². The van der Waals surface area contributed by atoms with Gasteiger partial charge in [0.1, 0.15) is 0 Å². The van der Waals surface area contributed by atoms with Gasteiger partial charge in [-0.2, -0.15) is 0 Å². The molecule has 0 unspecified atom stereocenters. The molecule has 0 bridgehead atoms. The molecule has 4 rings (SSSR count). The highest BCUT2D eigenvalue weighted by molar-refractivity contribution is 5.41. The molecule has 0 aromatic heterocycles. The molecular weight excluding hydrogens is 192 g/mol. The topological polar surface area (TPSA) is 0 Å². The summed E-state index contributed by atoms with van der Waals surface area (Å²) in [5, 5.41) is 0. The Bertz CT molecular complexity index is 308. The summed E-state index contributed by atoms with van der Waals surface area (Å²) in [6, 6.07) is 0. The van der Waals surface area contributed by atoms with Crippen LogP contribution in [0.5, 0.6) is 0 Å². The lowest BCUT2D eigenvalue weighted by Crippen LogP contribution is -1.97. The second-order valence-corrected chi connectivity index (χ2v) is 6.47. The SMILES string of the molecule is C(=C(\C(=C\C1CC1)C1CC1)C1CC1)/C1CC1. The maximum atomic E-state index is 2.67. The summed E-state index contributed by atoms with van der Waals surface area (Å²) in [6.07, 6.45) is 17.1. The minimum atomic E-state index is 0.969. The Hall–Kier alpha value is -0.520. The van der Waals surface area contributed by atoms with Crippen LogP contribution in [0, 0.1) is 23.7 Å². The summed E-state index contributed by atoms with van der Waals surface area (Å²) in [4.78, 5) is 0. The van der Waals surface area contributed by atoms with Crippen molar-refractivity contribution in [2.24, 2.45) is 23.7 Å². The molecule has 0 saturated heterocycles. The fraction of sp³-hybridized carbons (Fsp3) is 0.750. The zero-order valence-electron chi connectivity index (χ0n) is 10.1. The van der Waals surface area contributed by atoms with E-state index in [9.17, 15) is 0 Å². The molecule has 4 aliphatic rings. The van der Waals surface area contributed by atoms with Crippen molar-refractivity contribution in [1.82, 2.24) is 0 Å². The minimum absolute atomic E-state index is 0.969. The van der Waals surface area contributed by atoms with Crippen molar-refractivity contribution in [3.63, 3.8) is 0 Å². The van der Waals surface area contributed by atoms with E-state index >= 15 is 0 Å². The molecule has 0 heterocycles. The van der Waals surface area contributed by atoms with Gasteiger partial charge in [0, 0.05) is 0 Å². The zero-order chi connectivity index (χ0) is 10.5. The Morgan fingerprint density at radius 1 is 0.562 bits per heavy atom. The summed E-state index contributed by atoms with van der Waals surface area (Å²) in [7, 11) is 0. The fourth-order valence-electron chi connectivity index (χ4n) is 2.76. The van der Waals surface area contributed by atoms with Crippen LogP contribution in [0.15, 0.2) is 23.3 Å². The lowest BCUT2D eigenvalue weighted by molar-refractivity contribution is 0.882. The first-order valence-corrected chi connectivity index (χ1v) is 7.34. The molecular formula is C16H22. The largest absolute Gasteiger partial charge is 0.0776 e. The molecule has 0 amide bonds. The van der Waals surface area contributed by atoms with E-state index in [1.54, 1.807) is 0 Å². The van der Waals surface area contributed by atoms with Crippen molar-refractivity contribution >= 4 is 0 Å². The maximum Gasteiger partial charge on any atom is -0.0162 e. The van der Waals surface area contributed by atoms with Crippen LogP contribution in [0.3, 0.4) is 0 Å².